The number of piperidine rings is 1. The van der Waals surface area contributed by atoms with Gasteiger partial charge >= 0.3 is 0 Å². The third kappa shape index (κ3) is 8.61. The van der Waals surface area contributed by atoms with Gasteiger partial charge in [0.15, 0.2) is 0 Å². The Balaban J connectivity index is 2.18. The maximum absolute atomic E-state index is 3.52. The van der Waals surface area contributed by atoms with Gasteiger partial charge in [-0.05, 0) is 71.2 Å². The minimum atomic E-state index is 0.776. The Morgan fingerprint density at radius 2 is 1.95 bits per heavy atom. The fourth-order valence-corrected chi connectivity index (χ4v) is 2.93. The molecule has 0 radical (unpaired) electrons. The van der Waals surface area contributed by atoms with Gasteiger partial charge in [0.25, 0.3) is 0 Å². The Morgan fingerprint density at radius 3 is 2.53 bits per heavy atom. The zero-order valence-corrected chi connectivity index (χ0v) is 13.6. The zero-order valence-electron chi connectivity index (χ0n) is 13.6. The standard InChI is InChI=1S/C16H35N3/c1-15(2)14-19(12-11-18(3)4)10-6-8-16-7-5-9-17-13-16/h15-17H,5-14H2,1-4H3. The van der Waals surface area contributed by atoms with Gasteiger partial charge in [-0.3, -0.25) is 0 Å². The van der Waals surface area contributed by atoms with Crippen LogP contribution in [-0.2, 0) is 0 Å². The summed E-state index contributed by atoms with van der Waals surface area (Å²) in [6.07, 6.45) is 5.59. The summed E-state index contributed by atoms with van der Waals surface area (Å²) in [5.41, 5.74) is 0. The van der Waals surface area contributed by atoms with E-state index in [1.54, 1.807) is 0 Å². The van der Waals surface area contributed by atoms with Gasteiger partial charge in [-0.15, -0.1) is 0 Å². The zero-order chi connectivity index (χ0) is 14.1. The molecule has 0 amide bonds. The molecule has 1 N–H and O–H groups in total. The Bertz CT molecular complexity index is 210. The quantitative estimate of drug-likeness (QED) is 0.693. The van der Waals surface area contributed by atoms with E-state index in [0.717, 1.165) is 11.8 Å². The van der Waals surface area contributed by atoms with Crippen LogP contribution in [0.2, 0.25) is 0 Å². The molecule has 0 bridgehead atoms. The predicted molar refractivity (Wildman–Crippen MR) is 84.7 cm³/mol. The molecule has 1 aliphatic rings. The molecule has 3 heteroatoms. The van der Waals surface area contributed by atoms with Crippen LogP contribution in [0.1, 0.15) is 39.5 Å². The smallest absolute Gasteiger partial charge is 0.0109 e. The number of hydrogen-bond acceptors (Lipinski definition) is 3. The summed E-state index contributed by atoms with van der Waals surface area (Å²) in [6.45, 7) is 12.1. The summed E-state index contributed by atoms with van der Waals surface area (Å²) < 4.78 is 0. The van der Waals surface area contributed by atoms with Crippen LogP contribution in [-0.4, -0.2) is 63.2 Å². The average Bonchev–Trinajstić information content (AvgIpc) is 2.36. The molecular weight excluding hydrogens is 234 g/mol. The summed E-state index contributed by atoms with van der Waals surface area (Å²) in [5, 5.41) is 3.52. The van der Waals surface area contributed by atoms with Crippen LogP contribution in [0.15, 0.2) is 0 Å². The molecule has 0 aromatic heterocycles. The van der Waals surface area contributed by atoms with Gasteiger partial charge in [-0.25, -0.2) is 0 Å². The topological polar surface area (TPSA) is 18.5 Å². The summed E-state index contributed by atoms with van der Waals surface area (Å²) in [6, 6.07) is 0. The van der Waals surface area contributed by atoms with Gasteiger partial charge in [-0.2, -0.15) is 0 Å². The minimum Gasteiger partial charge on any atom is -0.316 e. The van der Waals surface area contributed by atoms with Crippen LogP contribution in [0.5, 0.6) is 0 Å². The van der Waals surface area contributed by atoms with Crippen molar-refractivity contribution in [3.8, 4) is 0 Å². The lowest BCUT2D eigenvalue weighted by atomic mass is 9.94. The van der Waals surface area contributed by atoms with Crippen molar-refractivity contribution in [3.05, 3.63) is 0 Å². The maximum atomic E-state index is 3.52. The fourth-order valence-electron chi connectivity index (χ4n) is 2.93. The Kier molecular flexibility index (Phi) is 8.67. The molecule has 1 fully saturated rings. The monoisotopic (exact) mass is 269 g/mol. The molecule has 0 aliphatic carbocycles. The molecule has 1 rings (SSSR count). The molecule has 1 unspecified atom stereocenters. The van der Waals surface area contributed by atoms with Crippen molar-refractivity contribution < 1.29 is 0 Å². The third-order valence-corrected chi connectivity index (χ3v) is 3.97. The van der Waals surface area contributed by atoms with Crippen molar-refractivity contribution in [1.29, 1.82) is 0 Å². The number of hydrogen-bond donors (Lipinski definition) is 1. The SMILES string of the molecule is CC(C)CN(CCCC1CCCNC1)CCN(C)C. The molecule has 0 spiro atoms. The first-order chi connectivity index (χ1) is 9.08. The molecule has 0 saturated carbocycles. The van der Waals surface area contributed by atoms with E-state index < -0.39 is 0 Å². The maximum Gasteiger partial charge on any atom is 0.0109 e. The molecule has 0 aromatic carbocycles. The van der Waals surface area contributed by atoms with Crippen LogP contribution in [0, 0.1) is 11.8 Å². The van der Waals surface area contributed by atoms with E-state index in [-0.39, 0.29) is 0 Å². The summed E-state index contributed by atoms with van der Waals surface area (Å²) in [5.74, 6) is 1.71. The molecule has 3 nitrogen and oxygen atoms in total. The lowest BCUT2D eigenvalue weighted by Gasteiger charge is -2.27. The van der Waals surface area contributed by atoms with Crippen LogP contribution in [0.3, 0.4) is 0 Å². The first-order valence-electron chi connectivity index (χ1n) is 8.15. The molecule has 19 heavy (non-hydrogen) atoms. The molecular formula is C16H35N3. The highest BCUT2D eigenvalue weighted by Gasteiger charge is 2.13. The van der Waals surface area contributed by atoms with Gasteiger partial charge in [0.05, 0.1) is 0 Å². The van der Waals surface area contributed by atoms with E-state index in [9.17, 15) is 0 Å². The number of nitrogens with one attached hydrogen (secondary N) is 1. The second kappa shape index (κ2) is 9.73. The summed E-state index contributed by atoms with van der Waals surface area (Å²) in [7, 11) is 4.34. The van der Waals surface area contributed by atoms with Crippen molar-refractivity contribution >= 4 is 0 Å². The normalized spacial score (nSPS) is 20.7. The second-order valence-corrected chi connectivity index (χ2v) is 6.85. The van der Waals surface area contributed by atoms with Crippen molar-refractivity contribution in [1.82, 2.24) is 15.1 Å². The molecule has 1 heterocycles. The lowest BCUT2D eigenvalue weighted by molar-refractivity contribution is 0.208. The Hall–Kier alpha value is -0.120. The van der Waals surface area contributed by atoms with Crippen molar-refractivity contribution in [2.45, 2.75) is 39.5 Å². The van der Waals surface area contributed by atoms with Crippen LogP contribution >= 0.6 is 0 Å². The number of nitrogens with zero attached hydrogens (tertiary/aromatic N) is 2. The first-order valence-corrected chi connectivity index (χ1v) is 8.15. The van der Waals surface area contributed by atoms with E-state index in [0.29, 0.717) is 0 Å². The molecule has 114 valence electrons. The van der Waals surface area contributed by atoms with Crippen LogP contribution in [0.4, 0.5) is 0 Å². The van der Waals surface area contributed by atoms with E-state index in [2.05, 4.69) is 43.1 Å². The molecule has 1 aliphatic heterocycles. The predicted octanol–water partition coefficient (Wildman–Crippen LogP) is 2.29. The van der Waals surface area contributed by atoms with Crippen molar-refractivity contribution in [3.63, 3.8) is 0 Å². The van der Waals surface area contributed by atoms with Gasteiger partial charge < -0.3 is 15.1 Å². The van der Waals surface area contributed by atoms with Crippen LogP contribution in [0.25, 0.3) is 0 Å². The largest absolute Gasteiger partial charge is 0.316 e. The third-order valence-electron chi connectivity index (χ3n) is 3.97. The summed E-state index contributed by atoms with van der Waals surface area (Å²) >= 11 is 0. The Labute approximate surface area is 120 Å². The molecule has 1 saturated heterocycles. The Morgan fingerprint density at radius 1 is 1.16 bits per heavy atom. The fraction of sp³-hybridized carbons (Fsp3) is 1.00. The van der Waals surface area contributed by atoms with E-state index in [1.807, 2.05) is 0 Å². The number of likely N-dealkylation sites (N-methyl/N-ethyl adjacent to an activating group) is 1. The average molecular weight is 269 g/mol. The highest BCUT2D eigenvalue weighted by molar-refractivity contribution is 4.70. The van der Waals surface area contributed by atoms with Gasteiger partial charge in [0.1, 0.15) is 0 Å². The molecule has 0 aromatic rings. The highest BCUT2D eigenvalue weighted by atomic mass is 15.2. The lowest BCUT2D eigenvalue weighted by Crippen LogP contribution is -2.36. The van der Waals surface area contributed by atoms with E-state index in [4.69, 9.17) is 0 Å². The van der Waals surface area contributed by atoms with E-state index in [1.165, 1.54) is 65.0 Å². The summed E-state index contributed by atoms with van der Waals surface area (Å²) in [4.78, 5) is 4.94. The minimum absolute atomic E-state index is 0.776. The van der Waals surface area contributed by atoms with Crippen molar-refractivity contribution in [2.75, 3.05) is 53.4 Å². The molecule has 1 atom stereocenters. The van der Waals surface area contributed by atoms with Gasteiger partial charge in [0, 0.05) is 19.6 Å². The second-order valence-electron chi connectivity index (χ2n) is 6.85. The highest BCUT2D eigenvalue weighted by Crippen LogP contribution is 2.16. The number of rotatable bonds is 9. The first kappa shape index (κ1) is 16.9. The van der Waals surface area contributed by atoms with Crippen molar-refractivity contribution in [2.24, 2.45) is 11.8 Å². The van der Waals surface area contributed by atoms with Gasteiger partial charge in [0.2, 0.25) is 0 Å². The van der Waals surface area contributed by atoms with Crippen LogP contribution < -0.4 is 5.32 Å². The van der Waals surface area contributed by atoms with Gasteiger partial charge in [-0.1, -0.05) is 13.8 Å². The van der Waals surface area contributed by atoms with E-state index >= 15 is 0 Å².